The van der Waals surface area contributed by atoms with Gasteiger partial charge in [-0.05, 0) is 88.0 Å². The second-order valence-corrected chi connectivity index (χ2v) is 9.75. The number of nitrogens with zero attached hydrogens (tertiary/aromatic N) is 1. The van der Waals surface area contributed by atoms with Gasteiger partial charge in [-0.2, -0.15) is 0 Å². The summed E-state index contributed by atoms with van der Waals surface area (Å²) in [6, 6.07) is 22.6. The molecule has 1 saturated heterocycles. The minimum Gasteiger partial charge on any atom is -0.492 e. The summed E-state index contributed by atoms with van der Waals surface area (Å²) in [5.74, 6) is 0.911. The van der Waals surface area contributed by atoms with Crippen molar-refractivity contribution >= 4 is 63.2 Å². The van der Waals surface area contributed by atoms with E-state index >= 15 is 0 Å². The molecule has 0 unspecified atom stereocenters. The number of thioether (sulfide) groups is 1. The highest BCUT2D eigenvalue weighted by atomic mass is 127. The van der Waals surface area contributed by atoms with Crippen LogP contribution in [0, 0.1) is 3.57 Å². The number of imide groups is 1. The van der Waals surface area contributed by atoms with Crippen LogP contribution in [-0.2, 0) is 11.4 Å². The Morgan fingerprint density at radius 3 is 2.45 bits per heavy atom. The quantitative estimate of drug-likeness (QED) is 0.217. The van der Waals surface area contributed by atoms with Crippen molar-refractivity contribution in [2.24, 2.45) is 0 Å². The molecule has 0 aromatic heterocycles. The Labute approximate surface area is 214 Å². The molecule has 0 spiro atoms. The van der Waals surface area contributed by atoms with Crippen LogP contribution in [0.25, 0.3) is 6.08 Å². The van der Waals surface area contributed by atoms with Gasteiger partial charge in [0.2, 0.25) is 0 Å². The minimum absolute atomic E-state index is 0.184. The maximum Gasteiger partial charge on any atom is 0.293 e. The number of hydrogen-bond donors (Lipinski definition) is 0. The maximum atomic E-state index is 12.7. The van der Waals surface area contributed by atoms with Gasteiger partial charge in [-0.15, -0.1) is 0 Å². The summed E-state index contributed by atoms with van der Waals surface area (Å²) < 4.78 is 12.6. The first-order valence-corrected chi connectivity index (χ1v) is 12.4. The summed E-state index contributed by atoms with van der Waals surface area (Å²) in [5.41, 5.74) is 1.76. The highest BCUT2D eigenvalue weighted by molar-refractivity contribution is 14.1. The molecular weight excluding hydrogens is 573 g/mol. The third-order valence-corrected chi connectivity index (χ3v) is 6.68. The molecule has 0 saturated carbocycles. The van der Waals surface area contributed by atoms with Crippen molar-refractivity contribution in [2.75, 3.05) is 13.2 Å². The number of carbonyl (C=O) groups excluding carboxylic acids is 2. The van der Waals surface area contributed by atoms with Crippen LogP contribution in [0.5, 0.6) is 11.5 Å². The van der Waals surface area contributed by atoms with Crippen LogP contribution in [0.1, 0.15) is 11.1 Å². The van der Waals surface area contributed by atoms with Crippen molar-refractivity contribution in [3.63, 3.8) is 0 Å². The van der Waals surface area contributed by atoms with E-state index in [0.29, 0.717) is 33.6 Å². The fourth-order valence-electron chi connectivity index (χ4n) is 3.08. The van der Waals surface area contributed by atoms with Crippen LogP contribution in [0.2, 0.25) is 5.02 Å². The van der Waals surface area contributed by atoms with Gasteiger partial charge in [0.05, 0.1) is 16.5 Å². The molecule has 1 heterocycles. The van der Waals surface area contributed by atoms with E-state index in [1.807, 2.05) is 60.7 Å². The van der Waals surface area contributed by atoms with Crippen LogP contribution in [0.4, 0.5) is 4.79 Å². The van der Waals surface area contributed by atoms with Crippen LogP contribution < -0.4 is 9.47 Å². The van der Waals surface area contributed by atoms with Crippen LogP contribution >= 0.6 is 46.0 Å². The van der Waals surface area contributed by atoms with Gasteiger partial charge >= 0.3 is 0 Å². The minimum atomic E-state index is -0.336. The lowest BCUT2D eigenvalue weighted by molar-refractivity contribution is -0.123. The van der Waals surface area contributed by atoms with E-state index in [4.69, 9.17) is 21.1 Å². The summed E-state index contributed by atoms with van der Waals surface area (Å²) in [5, 5.41) is 0.122. The normalized spacial score (nSPS) is 14.7. The standard InChI is InChI=1S/C25H19ClINO4S/c26-21-14-18(8-11-22(21)32-16-17-6-9-19(27)10-7-17)15-23-24(29)28(25(30)33-23)12-13-31-20-4-2-1-3-5-20/h1-11,14-15H,12-13,16H2/b23-15-. The molecule has 0 aliphatic carbocycles. The molecule has 4 rings (SSSR count). The third-order valence-electron chi connectivity index (χ3n) is 4.76. The molecule has 3 aromatic rings. The smallest absolute Gasteiger partial charge is 0.293 e. The molecule has 33 heavy (non-hydrogen) atoms. The van der Waals surface area contributed by atoms with Gasteiger partial charge in [-0.25, -0.2) is 0 Å². The summed E-state index contributed by atoms with van der Waals surface area (Å²) in [6.45, 7) is 0.816. The Bertz CT molecular complexity index is 1180. The predicted molar refractivity (Wildman–Crippen MR) is 140 cm³/mol. The largest absolute Gasteiger partial charge is 0.492 e. The number of benzene rings is 3. The average Bonchev–Trinajstić information content (AvgIpc) is 3.07. The van der Waals surface area contributed by atoms with E-state index in [0.717, 1.165) is 20.9 Å². The third kappa shape index (κ3) is 6.31. The van der Waals surface area contributed by atoms with E-state index in [1.165, 1.54) is 4.90 Å². The fraction of sp³-hybridized carbons (Fsp3) is 0.120. The number of amides is 2. The summed E-state index contributed by atoms with van der Waals surface area (Å²) >= 11 is 9.55. The van der Waals surface area contributed by atoms with Crippen LogP contribution in [0.15, 0.2) is 77.7 Å². The lowest BCUT2D eigenvalue weighted by Gasteiger charge is -2.13. The van der Waals surface area contributed by atoms with Gasteiger partial charge in [0.25, 0.3) is 11.1 Å². The van der Waals surface area contributed by atoms with E-state index in [1.54, 1.807) is 18.2 Å². The van der Waals surface area contributed by atoms with Gasteiger partial charge in [-0.3, -0.25) is 14.5 Å². The van der Waals surface area contributed by atoms with Crippen molar-refractivity contribution in [3.8, 4) is 11.5 Å². The van der Waals surface area contributed by atoms with Gasteiger partial charge in [0, 0.05) is 3.57 Å². The molecule has 1 aliphatic heterocycles. The van der Waals surface area contributed by atoms with Gasteiger partial charge < -0.3 is 9.47 Å². The van der Waals surface area contributed by atoms with Crippen LogP contribution in [-0.4, -0.2) is 29.2 Å². The number of halogens is 2. The molecule has 1 aliphatic rings. The van der Waals surface area contributed by atoms with Gasteiger partial charge in [0.15, 0.2) is 0 Å². The first kappa shape index (κ1) is 23.7. The first-order chi connectivity index (χ1) is 16.0. The topological polar surface area (TPSA) is 55.8 Å². The summed E-state index contributed by atoms with van der Waals surface area (Å²) in [7, 11) is 0. The zero-order chi connectivity index (χ0) is 23.2. The highest BCUT2D eigenvalue weighted by Crippen LogP contribution is 2.34. The molecule has 2 amide bonds. The number of para-hydroxylation sites is 1. The highest BCUT2D eigenvalue weighted by Gasteiger charge is 2.34. The molecule has 0 atom stereocenters. The number of carbonyl (C=O) groups is 2. The summed E-state index contributed by atoms with van der Waals surface area (Å²) in [4.78, 5) is 26.6. The van der Waals surface area contributed by atoms with E-state index in [9.17, 15) is 9.59 Å². The molecule has 8 heteroatoms. The Hall–Kier alpha value is -2.49. The molecule has 5 nitrogen and oxygen atoms in total. The van der Waals surface area contributed by atoms with Crippen LogP contribution in [0.3, 0.4) is 0 Å². The van der Waals surface area contributed by atoms with Gasteiger partial charge in [-0.1, -0.05) is 48.0 Å². The van der Waals surface area contributed by atoms with Gasteiger partial charge in [0.1, 0.15) is 24.7 Å². The van der Waals surface area contributed by atoms with Crippen molar-refractivity contribution in [3.05, 3.63) is 97.4 Å². The molecule has 0 radical (unpaired) electrons. The number of rotatable bonds is 8. The molecule has 1 fully saturated rings. The maximum absolute atomic E-state index is 12.7. The van der Waals surface area contributed by atoms with E-state index in [2.05, 4.69) is 22.6 Å². The Morgan fingerprint density at radius 2 is 1.73 bits per heavy atom. The van der Waals surface area contributed by atoms with Crippen molar-refractivity contribution in [2.45, 2.75) is 6.61 Å². The molecule has 0 N–H and O–H groups in total. The summed E-state index contributed by atoms with van der Waals surface area (Å²) in [6.07, 6.45) is 1.66. The Kier molecular flexibility index (Phi) is 7.95. The van der Waals surface area contributed by atoms with E-state index in [-0.39, 0.29) is 24.3 Å². The number of hydrogen-bond acceptors (Lipinski definition) is 5. The Balaban J connectivity index is 1.36. The van der Waals surface area contributed by atoms with Crippen molar-refractivity contribution in [1.82, 2.24) is 4.90 Å². The SMILES string of the molecule is O=C1S/C(=C\c2ccc(OCc3ccc(I)cc3)c(Cl)c2)C(=O)N1CCOc1ccccc1. The van der Waals surface area contributed by atoms with Crippen molar-refractivity contribution < 1.29 is 19.1 Å². The molecular formula is C25H19ClINO4S. The second-order valence-electron chi connectivity index (χ2n) is 7.10. The Morgan fingerprint density at radius 1 is 0.970 bits per heavy atom. The molecule has 0 bridgehead atoms. The zero-order valence-electron chi connectivity index (χ0n) is 17.4. The average molecular weight is 592 g/mol. The predicted octanol–water partition coefficient (Wildman–Crippen LogP) is 6.64. The first-order valence-electron chi connectivity index (χ1n) is 10.1. The van der Waals surface area contributed by atoms with E-state index < -0.39 is 0 Å². The fourth-order valence-corrected chi connectivity index (χ4v) is 4.55. The number of ether oxygens (including phenoxy) is 2. The lowest BCUT2D eigenvalue weighted by atomic mass is 10.2. The lowest BCUT2D eigenvalue weighted by Crippen LogP contribution is -2.32. The molecule has 3 aromatic carbocycles. The second kappa shape index (κ2) is 11.1. The molecule has 168 valence electrons. The monoisotopic (exact) mass is 591 g/mol. The van der Waals surface area contributed by atoms with Crippen molar-refractivity contribution in [1.29, 1.82) is 0 Å². The zero-order valence-corrected chi connectivity index (χ0v) is 21.1.